The predicted octanol–water partition coefficient (Wildman–Crippen LogP) is 1.35. The molecule has 5 heteroatoms. The number of nitrogens with one attached hydrogen (secondary N) is 1. The van der Waals surface area contributed by atoms with Crippen LogP contribution in [0.4, 0.5) is 0 Å². The van der Waals surface area contributed by atoms with E-state index in [4.69, 9.17) is 9.84 Å². The minimum atomic E-state index is -0.835. The molecule has 0 aromatic carbocycles. The number of carbonyl (C=O) groups is 1. The number of hydrogen-bond acceptors (Lipinski definition) is 4. The predicted molar refractivity (Wildman–Crippen MR) is 66.0 cm³/mol. The van der Waals surface area contributed by atoms with Gasteiger partial charge in [0.05, 0.1) is 6.10 Å². The van der Waals surface area contributed by atoms with Crippen LogP contribution in [0.2, 0.25) is 0 Å². The van der Waals surface area contributed by atoms with Crippen molar-refractivity contribution in [2.75, 3.05) is 19.3 Å². The molecule has 94 valence electrons. The highest BCUT2D eigenvalue weighted by Crippen LogP contribution is 2.19. The molecule has 1 heterocycles. The summed E-state index contributed by atoms with van der Waals surface area (Å²) in [5, 5.41) is 12.8. The van der Waals surface area contributed by atoms with Crippen LogP contribution in [0.15, 0.2) is 0 Å². The first-order valence-electron chi connectivity index (χ1n) is 5.75. The molecule has 0 bridgehead atoms. The fourth-order valence-electron chi connectivity index (χ4n) is 1.72. The Bertz CT molecular complexity index is 225. The number of carboxylic acid groups (broad SMARTS) is 1. The van der Waals surface area contributed by atoms with Crippen LogP contribution in [0, 0.1) is 0 Å². The van der Waals surface area contributed by atoms with Crippen molar-refractivity contribution >= 4 is 17.7 Å². The lowest BCUT2D eigenvalue weighted by Gasteiger charge is -2.13. The number of rotatable bonds is 7. The Morgan fingerprint density at radius 1 is 1.62 bits per heavy atom. The Labute approximate surface area is 101 Å². The Morgan fingerprint density at radius 3 is 2.94 bits per heavy atom. The largest absolute Gasteiger partial charge is 0.479 e. The molecule has 1 fully saturated rings. The van der Waals surface area contributed by atoms with E-state index in [0.29, 0.717) is 11.7 Å². The van der Waals surface area contributed by atoms with Crippen molar-refractivity contribution in [2.24, 2.45) is 0 Å². The Balaban J connectivity index is 2.05. The van der Waals surface area contributed by atoms with Gasteiger partial charge >= 0.3 is 5.97 Å². The van der Waals surface area contributed by atoms with Crippen molar-refractivity contribution in [3.63, 3.8) is 0 Å². The van der Waals surface area contributed by atoms with Crippen LogP contribution in [0.1, 0.15) is 26.2 Å². The molecule has 1 saturated heterocycles. The standard InChI is InChI=1S/C11H21NO3S/c1-8(16-2)5-6-12-7-9-3-4-10(15-9)11(13)14/h8-10,12H,3-7H2,1-2H3,(H,13,14). The first-order valence-corrected chi connectivity index (χ1v) is 7.04. The quantitative estimate of drug-likeness (QED) is 0.665. The minimum Gasteiger partial charge on any atom is -0.479 e. The molecule has 0 spiro atoms. The summed E-state index contributed by atoms with van der Waals surface area (Å²) >= 11 is 1.86. The Hall–Kier alpha value is -0.260. The van der Waals surface area contributed by atoms with E-state index in [1.807, 2.05) is 11.8 Å². The summed E-state index contributed by atoms with van der Waals surface area (Å²) in [7, 11) is 0. The second-order valence-corrected chi connectivity index (χ2v) is 5.48. The number of hydrogen-bond donors (Lipinski definition) is 2. The van der Waals surface area contributed by atoms with Crippen molar-refractivity contribution in [1.29, 1.82) is 0 Å². The number of thioether (sulfide) groups is 1. The zero-order valence-electron chi connectivity index (χ0n) is 9.94. The van der Waals surface area contributed by atoms with E-state index in [0.717, 1.165) is 25.9 Å². The molecule has 3 unspecified atom stereocenters. The van der Waals surface area contributed by atoms with E-state index in [1.165, 1.54) is 0 Å². The highest BCUT2D eigenvalue weighted by Gasteiger charge is 2.29. The molecule has 0 saturated carbocycles. The van der Waals surface area contributed by atoms with Crippen molar-refractivity contribution in [2.45, 2.75) is 43.6 Å². The van der Waals surface area contributed by atoms with Gasteiger partial charge in [-0.1, -0.05) is 6.92 Å². The van der Waals surface area contributed by atoms with Crippen LogP contribution >= 0.6 is 11.8 Å². The molecule has 2 N–H and O–H groups in total. The summed E-state index contributed by atoms with van der Waals surface area (Å²) in [4.78, 5) is 10.7. The van der Waals surface area contributed by atoms with Gasteiger partial charge < -0.3 is 15.2 Å². The third kappa shape index (κ3) is 4.72. The van der Waals surface area contributed by atoms with Gasteiger partial charge in [0.15, 0.2) is 6.10 Å². The Kier molecular flexibility index (Phi) is 6.16. The number of carboxylic acids is 1. The van der Waals surface area contributed by atoms with Gasteiger partial charge in [0.1, 0.15) is 0 Å². The molecule has 0 radical (unpaired) electrons. The average Bonchev–Trinajstić information content (AvgIpc) is 2.72. The second-order valence-electron chi connectivity index (χ2n) is 4.20. The van der Waals surface area contributed by atoms with Crippen molar-refractivity contribution in [1.82, 2.24) is 5.32 Å². The summed E-state index contributed by atoms with van der Waals surface area (Å²) < 4.78 is 5.39. The molecule has 0 aromatic heterocycles. The van der Waals surface area contributed by atoms with E-state index < -0.39 is 12.1 Å². The maximum atomic E-state index is 10.7. The van der Waals surface area contributed by atoms with E-state index in [1.54, 1.807) is 0 Å². The number of ether oxygens (including phenoxy) is 1. The van der Waals surface area contributed by atoms with Gasteiger partial charge in [-0.3, -0.25) is 0 Å². The molecule has 4 nitrogen and oxygen atoms in total. The molecule has 16 heavy (non-hydrogen) atoms. The zero-order valence-corrected chi connectivity index (χ0v) is 10.8. The third-order valence-corrected chi connectivity index (χ3v) is 3.93. The smallest absolute Gasteiger partial charge is 0.332 e. The lowest BCUT2D eigenvalue weighted by molar-refractivity contribution is -0.149. The molecule has 3 atom stereocenters. The summed E-state index contributed by atoms with van der Waals surface area (Å²) in [6, 6.07) is 0. The van der Waals surface area contributed by atoms with Gasteiger partial charge in [-0.05, 0) is 32.1 Å². The van der Waals surface area contributed by atoms with Crippen LogP contribution in [0.3, 0.4) is 0 Å². The lowest BCUT2D eigenvalue weighted by atomic mass is 10.2. The van der Waals surface area contributed by atoms with Gasteiger partial charge in [0.2, 0.25) is 0 Å². The van der Waals surface area contributed by atoms with Gasteiger partial charge in [-0.25, -0.2) is 4.79 Å². The third-order valence-electron chi connectivity index (χ3n) is 2.89. The Morgan fingerprint density at radius 2 is 2.38 bits per heavy atom. The highest BCUT2D eigenvalue weighted by molar-refractivity contribution is 7.99. The fraction of sp³-hybridized carbons (Fsp3) is 0.909. The molecular formula is C11H21NO3S. The maximum Gasteiger partial charge on any atom is 0.332 e. The molecular weight excluding hydrogens is 226 g/mol. The molecule has 1 aliphatic heterocycles. The van der Waals surface area contributed by atoms with E-state index >= 15 is 0 Å². The molecule has 0 amide bonds. The van der Waals surface area contributed by atoms with Crippen LogP contribution in [-0.4, -0.2) is 47.9 Å². The minimum absolute atomic E-state index is 0.0747. The van der Waals surface area contributed by atoms with Gasteiger partial charge in [0, 0.05) is 11.8 Å². The van der Waals surface area contributed by atoms with Gasteiger partial charge in [-0.2, -0.15) is 11.8 Å². The van der Waals surface area contributed by atoms with Crippen LogP contribution in [0.5, 0.6) is 0 Å². The lowest BCUT2D eigenvalue weighted by Crippen LogP contribution is -2.30. The molecule has 0 aromatic rings. The van der Waals surface area contributed by atoms with E-state index in [2.05, 4.69) is 18.5 Å². The van der Waals surface area contributed by atoms with Crippen molar-refractivity contribution in [3.05, 3.63) is 0 Å². The first kappa shape index (κ1) is 13.8. The van der Waals surface area contributed by atoms with Crippen LogP contribution in [0.25, 0.3) is 0 Å². The topological polar surface area (TPSA) is 58.6 Å². The second kappa shape index (κ2) is 7.14. The molecule has 0 aliphatic carbocycles. The summed E-state index contributed by atoms with van der Waals surface area (Å²) in [5.41, 5.74) is 0. The summed E-state index contributed by atoms with van der Waals surface area (Å²) in [6.07, 6.45) is 4.23. The molecule has 1 aliphatic rings. The summed E-state index contributed by atoms with van der Waals surface area (Å²) in [5.74, 6) is -0.835. The van der Waals surface area contributed by atoms with Gasteiger partial charge in [0.25, 0.3) is 0 Å². The van der Waals surface area contributed by atoms with Crippen LogP contribution < -0.4 is 5.32 Å². The SMILES string of the molecule is CSC(C)CCNCC1CCC(C(=O)O)O1. The fourth-order valence-corrected chi connectivity index (χ4v) is 2.08. The monoisotopic (exact) mass is 247 g/mol. The normalized spacial score (nSPS) is 26.9. The molecule has 1 rings (SSSR count). The zero-order chi connectivity index (χ0) is 12.0. The van der Waals surface area contributed by atoms with Crippen LogP contribution in [-0.2, 0) is 9.53 Å². The van der Waals surface area contributed by atoms with Crippen molar-refractivity contribution in [3.8, 4) is 0 Å². The van der Waals surface area contributed by atoms with Crippen molar-refractivity contribution < 1.29 is 14.6 Å². The maximum absolute atomic E-state index is 10.7. The van der Waals surface area contributed by atoms with E-state index in [9.17, 15) is 4.79 Å². The van der Waals surface area contributed by atoms with Gasteiger partial charge in [-0.15, -0.1) is 0 Å². The summed E-state index contributed by atoms with van der Waals surface area (Å²) in [6.45, 7) is 3.95. The number of aliphatic carboxylic acids is 1. The highest BCUT2D eigenvalue weighted by atomic mass is 32.2. The van der Waals surface area contributed by atoms with E-state index in [-0.39, 0.29) is 6.10 Å². The average molecular weight is 247 g/mol. The first-order chi connectivity index (χ1) is 7.63.